The fourth-order valence-corrected chi connectivity index (χ4v) is 5.07. The molecule has 0 saturated heterocycles. The van der Waals surface area contributed by atoms with Crippen molar-refractivity contribution in [2.24, 2.45) is 5.10 Å². The van der Waals surface area contributed by atoms with Crippen LogP contribution in [0.2, 0.25) is 5.02 Å². The summed E-state index contributed by atoms with van der Waals surface area (Å²) in [6.07, 6.45) is 1.66. The Morgan fingerprint density at radius 3 is 2.68 bits per heavy atom. The number of halogens is 1. The lowest BCUT2D eigenvalue weighted by atomic mass is 10.2. The van der Waals surface area contributed by atoms with Gasteiger partial charge in [-0.1, -0.05) is 53.7 Å². The van der Waals surface area contributed by atoms with E-state index in [2.05, 4.69) is 15.8 Å². The number of hydrogen-bond acceptors (Lipinski definition) is 5. The van der Waals surface area contributed by atoms with E-state index in [1.54, 1.807) is 18.0 Å². The van der Waals surface area contributed by atoms with Crippen LogP contribution in [0.3, 0.4) is 0 Å². The number of thioether (sulfide) groups is 1. The van der Waals surface area contributed by atoms with Crippen LogP contribution < -0.4 is 10.7 Å². The molecule has 0 saturated carbocycles. The van der Waals surface area contributed by atoms with E-state index in [0.717, 1.165) is 25.9 Å². The quantitative estimate of drug-likeness (QED) is 0.374. The maximum absolute atomic E-state index is 12.3. The molecule has 5 nitrogen and oxygen atoms in total. The first-order valence-corrected chi connectivity index (χ1v) is 11.6. The normalized spacial score (nSPS) is 15.4. The van der Waals surface area contributed by atoms with Crippen molar-refractivity contribution in [3.63, 3.8) is 0 Å². The van der Waals surface area contributed by atoms with E-state index >= 15 is 0 Å². The molecule has 4 rings (SSSR count). The Morgan fingerprint density at radius 2 is 1.84 bits per heavy atom. The van der Waals surface area contributed by atoms with E-state index in [1.807, 2.05) is 72.8 Å². The molecule has 1 aliphatic heterocycles. The molecule has 0 aliphatic carbocycles. The van der Waals surface area contributed by atoms with Crippen molar-refractivity contribution in [2.75, 3.05) is 5.32 Å². The van der Waals surface area contributed by atoms with Crippen molar-refractivity contribution in [3.05, 3.63) is 83.4 Å². The number of hydrazone groups is 1. The number of para-hydroxylation sites is 1. The van der Waals surface area contributed by atoms with Gasteiger partial charge in [0.2, 0.25) is 11.8 Å². The van der Waals surface area contributed by atoms with E-state index in [-0.39, 0.29) is 18.2 Å². The molecule has 1 heterocycles. The zero-order valence-electron chi connectivity index (χ0n) is 16.2. The van der Waals surface area contributed by atoms with Gasteiger partial charge in [-0.2, -0.15) is 5.10 Å². The van der Waals surface area contributed by atoms with Crippen LogP contribution in [0.25, 0.3) is 0 Å². The maximum Gasteiger partial charge on any atom is 0.241 e. The van der Waals surface area contributed by atoms with Gasteiger partial charge < -0.3 is 5.32 Å². The second-order valence-corrected chi connectivity index (χ2v) is 9.48. The van der Waals surface area contributed by atoms with Gasteiger partial charge in [0.05, 0.1) is 17.2 Å². The highest BCUT2D eigenvalue weighted by atomic mass is 35.5. The Labute approximate surface area is 193 Å². The zero-order valence-corrected chi connectivity index (χ0v) is 18.6. The molecule has 3 aromatic rings. The molecule has 2 N–H and O–H groups in total. The van der Waals surface area contributed by atoms with Crippen molar-refractivity contribution >= 4 is 58.8 Å². The van der Waals surface area contributed by atoms with E-state index < -0.39 is 5.25 Å². The molecule has 156 valence electrons. The Morgan fingerprint density at radius 1 is 1.10 bits per heavy atom. The number of benzene rings is 3. The molecule has 1 atom stereocenters. The second kappa shape index (κ2) is 10.0. The fraction of sp³-hybridized carbons (Fsp3) is 0.0870. The highest BCUT2D eigenvalue weighted by molar-refractivity contribution is 8.01. The van der Waals surface area contributed by atoms with Crippen LogP contribution in [-0.4, -0.2) is 23.3 Å². The van der Waals surface area contributed by atoms with Crippen LogP contribution in [0.15, 0.2) is 92.6 Å². The number of anilines is 1. The minimum absolute atomic E-state index is 0.0450. The SMILES string of the molecule is O=C(CC1Sc2ccccc2NC1=O)NN=Cc1ccccc1Sc1ccc(Cl)cc1. The Kier molecular flexibility index (Phi) is 6.96. The molecule has 0 spiro atoms. The smallest absolute Gasteiger partial charge is 0.241 e. The molecule has 1 aliphatic rings. The lowest BCUT2D eigenvalue weighted by Crippen LogP contribution is -2.33. The van der Waals surface area contributed by atoms with Gasteiger partial charge in [-0.15, -0.1) is 11.8 Å². The molecule has 3 aromatic carbocycles. The summed E-state index contributed by atoms with van der Waals surface area (Å²) in [4.78, 5) is 27.6. The van der Waals surface area contributed by atoms with Crippen LogP contribution >= 0.6 is 35.1 Å². The molecule has 0 fully saturated rings. The van der Waals surface area contributed by atoms with Gasteiger partial charge >= 0.3 is 0 Å². The number of nitrogens with zero attached hydrogens (tertiary/aromatic N) is 1. The third-order valence-corrected chi connectivity index (χ3v) is 7.06. The number of carbonyl (C=O) groups excluding carboxylic acids is 2. The van der Waals surface area contributed by atoms with Gasteiger partial charge in [0.1, 0.15) is 0 Å². The minimum Gasteiger partial charge on any atom is -0.324 e. The Bertz CT molecular complexity index is 1140. The van der Waals surface area contributed by atoms with Crippen molar-refractivity contribution in [2.45, 2.75) is 26.4 Å². The molecular formula is C23H18ClN3O2S2. The first-order valence-electron chi connectivity index (χ1n) is 9.49. The first-order chi connectivity index (χ1) is 15.1. The summed E-state index contributed by atoms with van der Waals surface area (Å²) in [5.74, 6) is -0.487. The summed E-state index contributed by atoms with van der Waals surface area (Å²) in [5.41, 5.74) is 4.19. The van der Waals surface area contributed by atoms with Gasteiger partial charge in [-0.05, 0) is 42.5 Å². The predicted octanol–water partition coefficient (Wildman–Crippen LogP) is 5.44. The van der Waals surface area contributed by atoms with Crippen LogP contribution in [0.4, 0.5) is 5.69 Å². The van der Waals surface area contributed by atoms with Crippen LogP contribution in [0.5, 0.6) is 0 Å². The molecule has 2 amide bonds. The van der Waals surface area contributed by atoms with Gasteiger partial charge in [-0.25, -0.2) is 5.43 Å². The largest absolute Gasteiger partial charge is 0.324 e. The average Bonchev–Trinajstić information content (AvgIpc) is 2.77. The number of fused-ring (bicyclic) bond motifs is 1. The first kappa shape index (κ1) is 21.5. The topological polar surface area (TPSA) is 70.6 Å². The number of nitrogens with one attached hydrogen (secondary N) is 2. The number of rotatable bonds is 6. The highest BCUT2D eigenvalue weighted by Crippen LogP contribution is 2.36. The highest BCUT2D eigenvalue weighted by Gasteiger charge is 2.28. The van der Waals surface area contributed by atoms with E-state index in [1.165, 1.54) is 11.8 Å². The molecule has 0 bridgehead atoms. The summed E-state index contributed by atoms with van der Waals surface area (Å²) in [7, 11) is 0. The van der Waals surface area contributed by atoms with Crippen molar-refractivity contribution in [1.82, 2.24) is 5.43 Å². The summed E-state index contributed by atoms with van der Waals surface area (Å²) in [6, 6.07) is 22.9. The van der Waals surface area contributed by atoms with E-state index in [4.69, 9.17) is 11.6 Å². The van der Waals surface area contributed by atoms with E-state index in [0.29, 0.717) is 5.02 Å². The maximum atomic E-state index is 12.3. The Hall–Kier alpha value is -2.74. The third-order valence-electron chi connectivity index (χ3n) is 4.43. The van der Waals surface area contributed by atoms with Crippen LogP contribution in [0, 0.1) is 0 Å². The zero-order chi connectivity index (χ0) is 21.6. The van der Waals surface area contributed by atoms with Gasteiger partial charge in [0, 0.05) is 31.7 Å². The van der Waals surface area contributed by atoms with Gasteiger partial charge in [0.15, 0.2) is 0 Å². The Balaban J connectivity index is 1.36. The monoisotopic (exact) mass is 467 g/mol. The standard InChI is InChI=1S/C23H18ClN3O2S2/c24-16-9-11-17(12-10-16)30-19-7-3-1-5-15(19)14-25-27-22(28)13-21-23(29)26-18-6-2-4-8-20(18)31-21/h1-12,14,21H,13H2,(H,26,29)(H,27,28). The van der Waals surface area contributed by atoms with Gasteiger partial charge in [0.25, 0.3) is 0 Å². The summed E-state index contributed by atoms with van der Waals surface area (Å²) in [6.45, 7) is 0. The summed E-state index contributed by atoms with van der Waals surface area (Å²) < 4.78 is 0. The number of carbonyl (C=O) groups is 2. The van der Waals surface area contributed by atoms with Crippen molar-refractivity contribution < 1.29 is 9.59 Å². The molecule has 31 heavy (non-hydrogen) atoms. The van der Waals surface area contributed by atoms with Gasteiger partial charge in [-0.3, -0.25) is 9.59 Å². The summed E-state index contributed by atoms with van der Waals surface area (Å²) in [5, 5.41) is 7.14. The summed E-state index contributed by atoms with van der Waals surface area (Å²) >= 11 is 8.93. The molecule has 0 aromatic heterocycles. The number of hydrogen-bond donors (Lipinski definition) is 2. The molecule has 0 radical (unpaired) electrons. The third kappa shape index (κ3) is 5.70. The number of amides is 2. The van der Waals surface area contributed by atoms with Crippen molar-refractivity contribution in [3.8, 4) is 0 Å². The average molecular weight is 468 g/mol. The second-order valence-electron chi connectivity index (χ2n) is 6.68. The minimum atomic E-state index is -0.488. The molecule has 8 heteroatoms. The van der Waals surface area contributed by atoms with Crippen molar-refractivity contribution in [1.29, 1.82) is 0 Å². The van der Waals surface area contributed by atoms with E-state index in [9.17, 15) is 9.59 Å². The fourth-order valence-electron chi connectivity index (χ4n) is 2.92. The lowest BCUT2D eigenvalue weighted by Gasteiger charge is -2.23. The predicted molar refractivity (Wildman–Crippen MR) is 127 cm³/mol. The van der Waals surface area contributed by atoms with Crippen LogP contribution in [-0.2, 0) is 9.59 Å². The lowest BCUT2D eigenvalue weighted by molar-refractivity contribution is -0.124. The molecule has 1 unspecified atom stereocenters. The van der Waals surface area contributed by atoms with Crippen LogP contribution in [0.1, 0.15) is 12.0 Å². The molecular weight excluding hydrogens is 450 g/mol.